The number of aryl methyl sites for hydroxylation is 1. The molecule has 108 valence electrons. The predicted octanol–water partition coefficient (Wildman–Crippen LogP) is 1.16. The Morgan fingerprint density at radius 2 is 2.10 bits per heavy atom. The van der Waals surface area contributed by atoms with Crippen molar-refractivity contribution in [3.05, 3.63) is 41.7 Å². The number of hydrogen-bond acceptors (Lipinski definition) is 4. The van der Waals surface area contributed by atoms with Crippen LogP contribution in [0.4, 0.5) is 5.69 Å². The summed E-state index contributed by atoms with van der Waals surface area (Å²) in [7, 11) is 1.55. The Balaban J connectivity index is 2.05. The zero-order valence-electron chi connectivity index (χ0n) is 11.3. The molecule has 0 radical (unpaired) electrons. The zero-order chi connectivity index (χ0) is 15.0. The summed E-state index contributed by atoms with van der Waals surface area (Å²) in [6.45, 7) is 0.725. The van der Waals surface area contributed by atoms with Crippen molar-refractivity contribution in [3.8, 4) is 5.75 Å². The average molecular weight is 287 g/mol. The van der Waals surface area contributed by atoms with Gasteiger partial charge in [0.15, 0.2) is 0 Å². The predicted molar refractivity (Wildman–Crippen MR) is 73.8 cm³/mol. The number of aromatic carboxylic acids is 1. The number of rotatable bonds is 2. The molecule has 1 aromatic heterocycles. The lowest BCUT2D eigenvalue weighted by atomic mass is 10.2. The van der Waals surface area contributed by atoms with Crippen LogP contribution >= 0.6 is 0 Å². The number of carboxylic acid groups (broad SMARTS) is 1. The van der Waals surface area contributed by atoms with Gasteiger partial charge in [-0.25, -0.2) is 4.79 Å². The van der Waals surface area contributed by atoms with Crippen LogP contribution in [0.2, 0.25) is 0 Å². The Morgan fingerprint density at radius 1 is 1.33 bits per heavy atom. The molecule has 0 spiro atoms. The number of carbonyl (C=O) groups excluding carboxylic acids is 1. The number of aromatic nitrogens is 2. The summed E-state index contributed by atoms with van der Waals surface area (Å²) in [6.07, 6.45) is 1.18. The number of benzene rings is 1. The first-order valence-electron chi connectivity index (χ1n) is 6.38. The number of fused-ring (bicyclic) bond motifs is 1. The molecule has 0 saturated carbocycles. The van der Waals surface area contributed by atoms with E-state index in [0.717, 1.165) is 0 Å². The van der Waals surface area contributed by atoms with Gasteiger partial charge in [0, 0.05) is 7.05 Å². The van der Waals surface area contributed by atoms with Crippen LogP contribution < -0.4 is 9.64 Å². The molecule has 1 aromatic carbocycles. The van der Waals surface area contributed by atoms with Crippen LogP contribution in [0.5, 0.6) is 5.75 Å². The Morgan fingerprint density at radius 3 is 2.86 bits per heavy atom. The van der Waals surface area contributed by atoms with E-state index in [1.165, 1.54) is 15.8 Å². The minimum Gasteiger partial charge on any atom is -0.490 e. The molecule has 1 amide bonds. The minimum atomic E-state index is -1.17. The maximum atomic E-state index is 12.7. The molecular formula is C14H13N3O4. The van der Waals surface area contributed by atoms with E-state index in [-0.39, 0.29) is 11.3 Å². The molecule has 1 aliphatic rings. The van der Waals surface area contributed by atoms with E-state index in [2.05, 4.69) is 5.10 Å². The lowest BCUT2D eigenvalue weighted by molar-refractivity contribution is 0.0691. The normalized spacial score (nSPS) is 13.5. The first kappa shape index (κ1) is 13.2. The van der Waals surface area contributed by atoms with Gasteiger partial charge < -0.3 is 14.7 Å². The fourth-order valence-corrected chi connectivity index (χ4v) is 2.36. The maximum absolute atomic E-state index is 12.7. The number of carboxylic acids is 1. The number of amides is 1. The fourth-order valence-electron chi connectivity index (χ4n) is 2.36. The van der Waals surface area contributed by atoms with E-state index in [4.69, 9.17) is 4.74 Å². The number of nitrogens with zero attached hydrogens (tertiary/aromatic N) is 3. The highest BCUT2D eigenvalue weighted by Crippen LogP contribution is 2.32. The summed E-state index contributed by atoms with van der Waals surface area (Å²) >= 11 is 0. The average Bonchev–Trinajstić information content (AvgIpc) is 2.88. The third-order valence-corrected chi connectivity index (χ3v) is 3.35. The quantitative estimate of drug-likeness (QED) is 0.895. The monoisotopic (exact) mass is 287 g/mol. The summed E-state index contributed by atoms with van der Waals surface area (Å²) in [5, 5.41) is 13.0. The summed E-state index contributed by atoms with van der Waals surface area (Å²) in [5.41, 5.74) is 0.581. The van der Waals surface area contributed by atoms with Crippen LogP contribution in [-0.4, -0.2) is 39.9 Å². The van der Waals surface area contributed by atoms with Crippen molar-refractivity contribution in [1.29, 1.82) is 0 Å². The Kier molecular flexibility index (Phi) is 3.09. The second kappa shape index (κ2) is 4.93. The van der Waals surface area contributed by atoms with Crippen LogP contribution in [0.3, 0.4) is 0 Å². The Hall–Kier alpha value is -2.83. The van der Waals surface area contributed by atoms with Crippen molar-refractivity contribution in [2.24, 2.45) is 7.05 Å². The van der Waals surface area contributed by atoms with E-state index in [0.29, 0.717) is 24.6 Å². The van der Waals surface area contributed by atoms with Crippen LogP contribution in [0.15, 0.2) is 30.5 Å². The number of carbonyl (C=O) groups is 2. The fraction of sp³-hybridized carbons (Fsp3) is 0.214. The standard InChI is InChI=1S/C14H13N3O4/c1-16-12(9(8-15-16)14(19)20)13(18)17-6-7-21-11-5-3-2-4-10(11)17/h2-5,8H,6-7H2,1H3,(H,19,20). The van der Waals surface area contributed by atoms with Gasteiger partial charge in [0.1, 0.15) is 23.6 Å². The molecule has 0 unspecified atom stereocenters. The van der Waals surface area contributed by atoms with Gasteiger partial charge >= 0.3 is 5.97 Å². The third kappa shape index (κ3) is 2.12. The van der Waals surface area contributed by atoms with Gasteiger partial charge in [-0.1, -0.05) is 12.1 Å². The molecule has 21 heavy (non-hydrogen) atoms. The van der Waals surface area contributed by atoms with Crippen LogP contribution in [0, 0.1) is 0 Å². The second-order valence-electron chi connectivity index (χ2n) is 4.61. The van der Waals surface area contributed by atoms with E-state index in [1.54, 1.807) is 25.2 Å². The molecule has 7 nitrogen and oxygen atoms in total. The smallest absolute Gasteiger partial charge is 0.339 e. The topological polar surface area (TPSA) is 84.7 Å². The molecule has 0 saturated heterocycles. The summed E-state index contributed by atoms with van der Waals surface area (Å²) in [5.74, 6) is -0.965. The molecule has 7 heteroatoms. The van der Waals surface area contributed by atoms with Gasteiger partial charge in [-0.05, 0) is 12.1 Å². The van der Waals surface area contributed by atoms with E-state index in [9.17, 15) is 14.7 Å². The first-order valence-corrected chi connectivity index (χ1v) is 6.38. The molecule has 2 aromatic rings. The van der Waals surface area contributed by atoms with E-state index < -0.39 is 11.9 Å². The van der Waals surface area contributed by atoms with Crippen LogP contribution in [0.1, 0.15) is 20.8 Å². The van der Waals surface area contributed by atoms with Crippen molar-refractivity contribution in [3.63, 3.8) is 0 Å². The van der Waals surface area contributed by atoms with Crippen molar-refractivity contribution in [2.75, 3.05) is 18.1 Å². The molecule has 2 heterocycles. The molecule has 3 rings (SSSR count). The SMILES string of the molecule is Cn1ncc(C(=O)O)c1C(=O)N1CCOc2ccccc21. The van der Waals surface area contributed by atoms with E-state index >= 15 is 0 Å². The van der Waals surface area contributed by atoms with Gasteiger partial charge in [-0.15, -0.1) is 0 Å². The molecule has 0 atom stereocenters. The minimum absolute atomic E-state index is 0.0548. The lowest BCUT2D eigenvalue weighted by Crippen LogP contribution is -2.39. The van der Waals surface area contributed by atoms with Gasteiger partial charge in [0.05, 0.1) is 18.4 Å². The van der Waals surface area contributed by atoms with Gasteiger partial charge in [0.25, 0.3) is 5.91 Å². The van der Waals surface area contributed by atoms with Gasteiger partial charge in [-0.2, -0.15) is 5.10 Å². The van der Waals surface area contributed by atoms with Gasteiger partial charge in [0.2, 0.25) is 0 Å². The number of anilines is 1. The highest BCUT2D eigenvalue weighted by atomic mass is 16.5. The Bertz CT molecular complexity index is 723. The van der Waals surface area contributed by atoms with Gasteiger partial charge in [-0.3, -0.25) is 9.48 Å². The summed E-state index contributed by atoms with van der Waals surface area (Å²) in [4.78, 5) is 25.5. The maximum Gasteiger partial charge on any atom is 0.339 e. The highest BCUT2D eigenvalue weighted by Gasteiger charge is 2.30. The Labute approximate surface area is 120 Å². The van der Waals surface area contributed by atoms with Crippen molar-refractivity contribution in [2.45, 2.75) is 0 Å². The lowest BCUT2D eigenvalue weighted by Gasteiger charge is -2.29. The number of ether oxygens (including phenoxy) is 1. The highest BCUT2D eigenvalue weighted by molar-refractivity contribution is 6.11. The molecular weight excluding hydrogens is 274 g/mol. The number of hydrogen-bond donors (Lipinski definition) is 1. The number of para-hydroxylation sites is 2. The molecule has 0 aliphatic carbocycles. The molecule has 1 N–H and O–H groups in total. The van der Waals surface area contributed by atoms with E-state index in [1.807, 2.05) is 6.07 Å². The van der Waals surface area contributed by atoms with Crippen LogP contribution in [0.25, 0.3) is 0 Å². The summed E-state index contributed by atoms with van der Waals surface area (Å²) < 4.78 is 6.78. The van der Waals surface area contributed by atoms with Crippen molar-refractivity contribution < 1.29 is 19.4 Å². The molecule has 0 bridgehead atoms. The third-order valence-electron chi connectivity index (χ3n) is 3.35. The van der Waals surface area contributed by atoms with Crippen molar-refractivity contribution >= 4 is 17.6 Å². The second-order valence-corrected chi connectivity index (χ2v) is 4.61. The molecule has 0 fully saturated rings. The molecule has 1 aliphatic heterocycles. The zero-order valence-corrected chi connectivity index (χ0v) is 11.3. The van der Waals surface area contributed by atoms with Crippen LogP contribution in [-0.2, 0) is 7.05 Å². The first-order chi connectivity index (χ1) is 10.1. The summed E-state index contributed by atoms with van der Waals surface area (Å²) in [6, 6.07) is 7.16. The van der Waals surface area contributed by atoms with Crippen molar-refractivity contribution in [1.82, 2.24) is 9.78 Å². The largest absolute Gasteiger partial charge is 0.490 e.